The second-order valence-corrected chi connectivity index (χ2v) is 11.2. The van der Waals surface area contributed by atoms with Crippen molar-refractivity contribution in [1.82, 2.24) is 9.80 Å². The van der Waals surface area contributed by atoms with Crippen LogP contribution in [0.5, 0.6) is 0 Å². The van der Waals surface area contributed by atoms with E-state index in [4.69, 9.17) is 0 Å². The Morgan fingerprint density at radius 2 is 1.76 bits per heavy atom. The zero-order chi connectivity index (χ0) is 27.5. The third kappa shape index (κ3) is 4.37. The molecule has 4 atom stereocenters. The SMILES string of the molecule is CN1CCC(C(=O)N2CC[C@@]3(Cc4ccc(F)cc4)c4ccc(C(C)(F)C(F)(F)F)cc4CC[C@@H]23)CC1=O. The summed E-state index contributed by atoms with van der Waals surface area (Å²) in [5.41, 5.74) is -2.22. The number of fused-ring (bicyclic) bond motifs is 3. The van der Waals surface area contributed by atoms with Gasteiger partial charge < -0.3 is 9.80 Å². The summed E-state index contributed by atoms with van der Waals surface area (Å²) in [5.74, 6) is -0.901. The normalized spacial score (nSPS) is 27.1. The maximum absolute atomic E-state index is 14.8. The molecule has 38 heavy (non-hydrogen) atoms. The van der Waals surface area contributed by atoms with Gasteiger partial charge in [-0.05, 0) is 73.4 Å². The van der Waals surface area contributed by atoms with E-state index >= 15 is 0 Å². The molecule has 0 saturated carbocycles. The van der Waals surface area contributed by atoms with Crippen LogP contribution in [0.25, 0.3) is 0 Å². The predicted molar refractivity (Wildman–Crippen MR) is 132 cm³/mol. The lowest BCUT2D eigenvalue weighted by atomic mass is 9.63. The van der Waals surface area contributed by atoms with Crippen LogP contribution >= 0.6 is 0 Å². The number of halogens is 5. The molecule has 204 valence electrons. The van der Waals surface area contributed by atoms with Crippen molar-refractivity contribution >= 4 is 11.8 Å². The van der Waals surface area contributed by atoms with Crippen molar-refractivity contribution in [3.8, 4) is 0 Å². The van der Waals surface area contributed by atoms with E-state index < -0.39 is 28.7 Å². The number of hydrogen-bond acceptors (Lipinski definition) is 2. The average Bonchev–Trinajstić information content (AvgIpc) is 3.25. The molecule has 0 aromatic heterocycles. The van der Waals surface area contributed by atoms with Gasteiger partial charge in [-0.2, -0.15) is 13.2 Å². The first-order valence-electron chi connectivity index (χ1n) is 13.0. The Kier molecular flexibility index (Phi) is 6.55. The minimum atomic E-state index is -5.05. The van der Waals surface area contributed by atoms with Crippen LogP contribution in [-0.2, 0) is 33.5 Å². The van der Waals surface area contributed by atoms with E-state index in [0.717, 1.165) is 11.1 Å². The van der Waals surface area contributed by atoms with Gasteiger partial charge in [-0.1, -0.05) is 30.3 Å². The highest BCUT2D eigenvalue weighted by Gasteiger charge is 2.56. The molecule has 9 heteroatoms. The molecule has 1 aliphatic carbocycles. The molecule has 2 fully saturated rings. The number of nitrogens with zero attached hydrogens (tertiary/aromatic N) is 2. The van der Waals surface area contributed by atoms with Gasteiger partial charge in [-0.15, -0.1) is 0 Å². The van der Waals surface area contributed by atoms with Crippen LogP contribution in [-0.4, -0.2) is 54.0 Å². The highest BCUT2D eigenvalue weighted by molar-refractivity contribution is 5.87. The summed E-state index contributed by atoms with van der Waals surface area (Å²) in [6.07, 6.45) is -2.35. The highest BCUT2D eigenvalue weighted by Crippen LogP contribution is 2.51. The van der Waals surface area contributed by atoms with Crippen LogP contribution in [0.2, 0.25) is 0 Å². The molecule has 0 bridgehead atoms. The highest BCUT2D eigenvalue weighted by atomic mass is 19.4. The van der Waals surface area contributed by atoms with Crippen LogP contribution < -0.4 is 0 Å². The summed E-state index contributed by atoms with van der Waals surface area (Å²) >= 11 is 0. The van der Waals surface area contributed by atoms with Crippen molar-refractivity contribution in [3.05, 3.63) is 70.5 Å². The van der Waals surface area contributed by atoms with Crippen molar-refractivity contribution in [2.75, 3.05) is 20.1 Å². The summed E-state index contributed by atoms with van der Waals surface area (Å²) in [5, 5.41) is 0. The number of carbonyl (C=O) groups excluding carboxylic acids is 2. The number of hydrogen-bond donors (Lipinski definition) is 0. The molecule has 0 radical (unpaired) electrons. The Morgan fingerprint density at radius 3 is 2.42 bits per heavy atom. The van der Waals surface area contributed by atoms with Crippen LogP contribution in [0.3, 0.4) is 0 Å². The molecule has 2 aromatic rings. The van der Waals surface area contributed by atoms with E-state index in [9.17, 15) is 31.5 Å². The summed E-state index contributed by atoms with van der Waals surface area (Å²) < 4.78 is 68.8. The first-order chi connectivity index (χ1) is 17.8. The Hall–Kier alpha value is -2.97. The molecule has 2 saturated heterocycles. The molecule has 2 aliphatic heterocycles. The van der Waals surface area contributed by atoms with Crippen LogP contribution in [0.1, 0.15) is 54.9 Å². The quantitative estimate of drug-likeness (QED) is 0.489. The van der Waals surface area contributed by atoms with E-state index in [1.54, 1.807) is 30.1 Å². The zero-order valence-electron chi connectivity index (χ0n) is 21.5. The van der Waals surface area contributed by atoms with Crippen molar-refractivity contribution in [1.29, 1.82) is 0 Å². The van der Waals surface area contributed by atoms with Gasteiger partial charge in [0, 0.05) is 43.9 Å². The van der Waals surface area contributed by atoms with Gasteiger partial charge in [0.15, 0.2) is 0 Å². The maximum Gasteiger partial charge on any atom is 0.426 e. The topological polar surface area (TPSA) is 40.6 Å². The van der Waals surface area contributed by atoms with E-state index in [2.05, 4.69) is 0 Å². The number of benzene rings is 2. The third-order valence-corrected chi connectivity index (χ3v) is 8.94. The molecule has 0 N–H and O–H groups in total. The van der Waals surface area contributed by atoms with Crippen LogP contribution in [0.4, 0.5) is 22.0 Å². The molecule has 5 rings (SSSR count). The van der Waals surface area contributed by atoms with Gasteiger partial charge in [-0.25, -0.2) is 8.78 Å². The van der Waals surface area contributed by atoms with E-state index in [1.165, 1.54) is 24.3 Å². The molecule has 3 aliphatic rings. The zero-order valence-corrected chi connectivity index (χ0v) is 21.5. The summed E-state index contributed by atoms with van der Waals surface area (Å²) in [4.78, 5) is 29.5. The monoisotopic (exact) mass is 534 g/mol. The van der Waals surface area contributed by atoms with Gasteiger partial charge in [0.05, 0.1) is 0 Å². The molecule has 2 amide bonds. The molecule has 2 heterocycles. The lowest BCUT2D eigenvalue weighted by Crippen LogP contribution is -2.52. The minimum Gasteiger partial charge on any atom is -0.346 e. The number of aryl methyl sites for hydroxylation is 1. The number of piperidine rings is 1. The minimum absolute atomic E-state index is 0.0631. The van der Waals surface area contributed by atoms with Crippen molar-refractivity contribution in [2.45, 2.75) is 68.8 Å². The first-order valence-corrected chi connectivity index (χ1v) is 13.0. The number of rotatable bonds is 4. The Bertz CT molecular complexity index is 1240. The van der Waals surface area contributed by atoms with Gasteiger partial charge in [0.2, 0.25) is 17.5 Å². The molecule has 2 aromatic carbocycles. The lowest BCUT2D eigenvalue weighted by Gasteiger charge is -2.45. The Labute approximate surface area is 218 Å². The number of likely N-dealkylation sites (tertiary alicyclic amines) is 2. The van der Waals surface area contributed by atoms with E-state index in [1.807, 2.05) is 4.90 Å². The molecule has 4 nitrogen and oxygen atoms in total. The predicted octanol–water partition coefficient (Wildman–Crippen LogP) is 5.47. The van der Waals surface area contributed by atoms with Gasteiger partial charge in [-0.3, -0.25) is 9.59 Å². The third-order valence-electron chi connectivity index (χ3n) is 8.94. The largest absolute Gasteiger partial charge is 0.426 e. The second kappa shape index (κ2) is 9.35. The van der Waals surface area contributed by atoms with Gasteiger partial charge >= 0.3 is 6.18 Å². The summed E-state index contributed by atoms with van der Waals surface area (Å²) in [7, 11) is 1.72. The molecule has 2 unspecified atom stereocenters. The fraction of sp³-hybridized carbons (Fsp3) is 0.517. The smallest absolute Gasteiger partial charge is 0.346 e. The van der Waals surface area contributed by atoms with Crippen molar-refractivity contribution in [2.24, 2.45) is 5.92 Å². The fourth-order valence-electron chi connectivity index (χ4n) is 6.64. The Morgan fingerprint density at radius 1 is 1.05 bits per heavy atom. The summed E-state index contributed by atoms with van der Waals surface area (Å²) in [6.45, 7) is 1.50. The molecular weight excluding hydrogens is 503 g/mol. The maximum atomic E-state index is 14.8. The van der Waals surface area contributed by atoms with E-state index in [-0.39, 0.29) is 30.1 Å². The second-order valence-electron chi connectivity index (χ2n) is 11.2. The number of amides is 2. The lowest BCUT2D eigenvalue weighted by molar-refractivity contribution is -0.228. The fourth-order valence-corrected chi connectivity index (χ4v) is 6.64. The Balaban J connectivity index is 1.53. The molecule has 0 spiro atoms. The van der Waals surface area contributed by atoms with Gasteiger partial charge in [0.25, 0.3) is 0 Å². The average molecular weight is 535 g/mol. The number of alkyl halides is 4. The first kappa shape index (κ1) is 26.6. The van der Waals surface area contributed by atoms with Crippen LogP contribution in [0.15, 0.2) is 42.5 Å². The van der Waals surface area contributed by atoms with Crippen LogP contribution in [0, 0.1) is 11.7 Å². The standard InChI is InChI=1S/C29H31F5N2O2/c1-27(31,29(32,33)34)21-6-9-23-19(15-21)5-10-24-28(23,17-18-3-7-22(30)8-4-18)12-14-36(24)26(38)20-11-13-35(2)25(37)16-20/h3-4,6-9,15,20,24H,5,10-14,16-17H2,1-2H3/t20?,24-,27?,28-/m1/s1. The summed E-state index contributed by atoms with van der Waals surface area (Å²) in [6, 6.07) is 10.0. The van der Waals surface area contributed by atoms with Gasteiger partial charge in [0.1, 0.15) is 5.82 Å². The van der Waals surface area contributed by atoms with Crippen molar-refractivity contribution in [3.63, 3.8) is 0 Å². The van der Waals surface area contributed by atoms with E-state index in [0.29, 0.717) is 57.7 Å². The number of carbonyl (C=O) groups is 2. The molecular formula is C29H31F5N2O2. The van der Waals surface area contributed by atoms with Crippen molar-refractivity contribution < 1.29 is 31.5 Å².